The van der Waals surface area contributed by atoms with Crippen molar-refractivity contribution in [2.75, 3.05) is 0 Å². The molecule has 8 nitrogen and oxygen atoms in total. The van der Waals surface area contributed by atoms with Crippen molar-refractivity contribution in [1.29, 1.82) is 0 Å². The van der Waals surface area contributed by atoms with E-state index in [1.807, 2.05) is 19.9 Å². The molecule has 2 aromatic rings. The van der Waals surface area contributed by atoms with Gasteiger partial charge in [-0.2, -0.15) is 0 Å². The number of urea groups is 1. The fourth-order valence-electron chi connectivity index (χ4n) is 6.27. The molecule has 2 N–H and O–H groups in total. The van der Waals surface area contributed by atoms with E-state index in [1.165, 1.54) is 0 Å². The molecule has 39 heavy (non-hydrogen) atoms. The van der Waals surface area contributed by atoms with Crippen LogP contribution in [0.25, 0.3) is 10.9 Å². The van der Waals surface area contributed by atoms with Gasteiger partial charge >= 0.3 is 6.03 Å². The number of fused-ring (bicyclic) bond motifs is 2. The van der Waals surface area contributed by atoms with E-state index in [0.29, 0.717) is 38.0 Å². The molecular weight excluding hydrogens is 490 g/mol. The lowest BCUT2D eigenvalue weighted by Gasteiger charge is -2.40. The number of carbonyl (C=O) groups excluding carboxylic acids is 3. The maximum Gasteiger partial charge on any atom is 0.318 e. The van der Waals surface area contributed by atoms with Crippen molar-refractivity contribution in [3.8, 4) is 0 Å². The van der Waals surface area contributed by atoms with Crippen LogP contribution in [0, 0.1) is 5.41 Å². The van der Waals surface area contributed by atoms with Gasteiger partial charge in [0.2, 0.25) is 5.91 Å². The minimum Gasteiger partial charge on any atom is -0.336 e. The normalized spacial score (nSPS) is 22.0. The maximum atomic E-state index is 13.4. The van der Waals surface area contributed by atoms with Gasteiger partial charge in [-0.15, -0.1) is 0 Å². The number of allylic oxidation sites excluding steroid dienone is 1. The average Bonchev–Trinajstić information content (AvgIpc) is 3.29. The smallest absolute Gasteiger partial charge is 0.318 e. The molecule has 1 fully saturated rings. The third-order valence-electron chi connectivity index (χ3n) is 8.22. The number of carbonyl (C=O) groups is 3. The van der Waals surface area contributed by atoms with Gasteiger partial charge in [0, 0.05) is 30.4 Å². The van der Waals surface area contributed by atoms with Crippen molar-refractivity contribution < 1.29 is 14.4 Å². The van der Waals surface area contributed by atoms with Gasteiger partial charge in [0.25, 0.3) is 0 Å². The van der Waals surface area contributed by atoms with Crippen molar-refractivity contribution >= 4 is 35.3 Å². The number of pyridine rings is 1. The van der Waals surface area contributed by atoms with Gasteiger partial charge in [-0.25, -0.2) is 9.79 Å². The molecule has 3 aliphatic rings. The Morgan fingerprint density at radius 2 is 1.90 bits per heavy atom. The summed E-state index contributed by atoms with van der Waals surface area (Å²) in [7, 11) is 0. The molecule has 8 heteroatoms. The molecule has 204 valence electrons. The van der Waals surface area contributed by atoms with E-state index in [2.05, 4.69) is 40.4 Å². The molecule has 1 spiro atoms. The maximum absolute atomic E-state index is 13.4. The summed E-state index contributed by atoms with van der Waals surface area (Å²) in [5.41, 5.74) is 2.49. The Balaban J connectivity index is 1.45. The number of nitrogens with zero attached hydrogens (tertiary/aromatic N) is 3. The summed E-state index contributed by atoms with van der Waals surface area (Å²) in [6.45, 7) is 7.80. The van der Waals surface area contributed by atoms with E-state index in [4.69, 9.17) is 4.98 Å². The molecule has 0 saturated heterocycles. The topological polar surface area (TPSA) is 104 Å². The quantitative estimate of drug-likeness (QED) is 0.308. The van der Waals surface area contributed by atoms with E-state index in [1.54, 1.807) is 23.4 Å². The highest BCUT2D eigenvalue weighted by atomic mass is 16.2. The van der Waals surface area contributed by atoms with Gasteiger partial charge in [0.05, 0.1) is 10.9 Å². The first kappa shape index (κ1) is 26.8. The molecule has 1 aromatic heterocycles. The van der Waals surface area contributed by atoms with E-state index in [9.17, 15) is 14.4 Å². The number of hydrogen-bond acceptors (Lipinski definition) is 5. The number of rotatable bonds is 7. The number of aldehydes is 1. The first-order chi connectivity index (χ1) is 18.8. The summed E-state index contributed by atoms with van der Waals surface area (Å²) in [5.74, 6) is 0.516. The van der Waals surface area contributed by atoms with Crippen LogP contribution in [0.15, 0.2) is 53.9 Å². The Hall–Kier alpha value is -3.81. The van der Waals surface area contributed by atoms with Crippen LogP contribution in [0.1, 0.15) is 69.1 Å². The molecule has 0 bridgehead atoms. The molecule has 5 rings (SSSR count). The summed E-state index contributed by atoms with van der Waals surface area (Å²) in [4.78, 5) is 49.6. The van der Waals surface area contributed by atoms with E-state index in [0.717, 1.165) is 59.6 Å². The number of amides is 3. The van der Waals surface area contributed by atoms with Crippen LogP contribution in [-0.2, 0) is 29.0 Å². The highest BCUT2D eigenvalue weighted by Crippen LogP contribution is 2.43. The predicted molar refractivity (Wildman–Crippen MR) is 152 cm³/mol. The zero-order chi connectivity index (χ0) is 27.6. The first-order valence-electron chi connectivity index (χ1n) is 13.9. The van der Waals surface area contributed by atoms with Crippen molar-refractivity contribution in [3.05, 3.63) is 65.6 Å². The predicted octanol–water partition coefficient (Wildman–Crippen LogP) is 4.76. The molecular formula is C31H37N5O3. The van der Waals surface area contributed by atoms with Crippen LogP contribution >= 0.6 is 0 Å². The van der Waals surface area contributed by atoms with Crippen LogP contribution in [0.5, 0.6) is 0 Å². The molecule has 1 atom stereocenters. The molecule has 1 aromatic carbocycles. The number of nitrogens with one attached hydrogen (secondary N) is 2. The number of benzene rings is 1. The highest BCUT2D eigenvalue weighted by Gasteiger charge is 2.46. The van der Waals surface area contributed by atoms with Gasteiger partial charge < -0.3 is 20.3 Å². The highest BCUT2D eigenvalue weighted by molar-refractivity contribution is 5.92. The molecule has 1 aliphatic heterocycles. The van der Waals surface area contributed by atoms with Crippen molar-refractivity contribution in [2.24, 2.45) is 10.4 Å². The zero-order valence-corrected chi connectivity index (χ0v) is 22.8. The van der Waals surface area contributed by atoms with E-state index >= 15 is 0 Å². The van der Waals surface area contributed by atoms with Crippen molar-refractivity contribution in [3.63, 3.8) is 0 Å². The first-order valence-corrected chi connectivity index (χ1v) is 13.9. The molecule has 0 unspecified atom stereocenters. The van der Waals surface area contributed by atoms with Crippen LogP contribution in [0.4, 0.5) is 4.79 Å². The minimum absolute atomic E-state index is 0.0380. The fraction of sp³-hybridized carbons (Fsp3) is 0.452. The summed E-state index contributed by atoms with van der Waals surface area (Å²) in [6.07, 6.45) is 14.4. The molecule has 1 saturated carbocycles. The van der Waals surface area contributed by atoms with E-state index in [-0.39, 0.29) is 18.0 Å². The summed E-state index contributed by atoms with van der Waals surface area (Å²) >= 11 is 0. The number of aliphatic imine (C=N–C) groups is 1. The van der Waals surface area contributed by atoms with Gasteiger partial charge in [-0.3, -0.25) is 9.78 Å². The molecule has 3 amide bonds. The number of hydrogen-bond donors (Lipinski definition) is 2. The lowest BCUT2D eigenvalue weighted by molar-refractivity contribution is -0.126. The molecule has 0 radical (unpaired) electrons. The standard InChI is InChI=1S/C31H37N5O3/c1-4-11-32-27-17-30(28(38)35-27)15-24-13-23-12-22(18-33-26(23)14-25(24)16-30)19-36(29(39)34-21(2)3)31(20-37)9-7-5-6-8-10-31/h4,11-14,17-18,20-21H,1,5-10,15-16,19H2,2-3H3,(H,34,39)(H,35,38)/t30-/m0/s1. The van der Waals surface area contributed by atoms with Crippen LogP contribution in [0.3, 0.4) is 0 Å². The summed E-state index contributed by atoms with van der Waals surface area (Å²) < 4.78 is 0. The van der Waals surface area contributed by atoms with Gasteiger partial charge in [0.1, 0.15) is 17.6 Å². The fourth-order valence-corrected chi connectivity index (χ4v) is 6.27. The second-order valence-electron chi connectivity index (χ2n) is 11.5. The van der Waals surface area contributed by atoms with Crippen LogP contribution < -0.4 is 10.6 Å². The lowest BCUT2D eigenvalue weighted by atomic mass is 9.85. The Bertz CT molecular complexity index is 1370. The summed E-state index contributed by atoms with van der Waals surface area (Å²) in [6, 6.07) is 5.98. The average molecular weight is 528 g/mol. The lowest BCUT2D eigenvalue weighted by Crippen LogP contribution is -2.56. The Labute approximate surface area is 229 Å². The Morgan fingerprint density at radius 3 is 2.56 bits per heavy atom. The number of aromatic nitrogens is 1. The van der Waals surface area contributed by atoms with Crippen molar-refractivity contribution in [1.82, 2.24) is 20.5 Å². The monoisotopic (exact) mass is 527 g/mol. The van der Waals surface area contributed by atoms with Gasteiger partial charge in [-0.1, -0.05) is 38.3 Å². The Kier molecular flexibility index (Phi) is 7.38. The zero-order valence-electron chi connectivity index (χ0n) is 22.8. The molecule has 2 heterocycles. The largest absolute Gasteiger partial charge is 0.336 e. The van der Waals surface area contributed by atoms with Crippen molar-refractivity contribution in [2.45, 2.75) is 83.3 Å². The SMILES string of the molecule is C=CC=NC1=C[C@@]2(Cc3cc4cc(CN(C(=O)NC(C)C)C5(C=O)CCCCCC5)cnc4cc3C2)C(=O)N1. The van der Waals surface area contributed by atoms with Gasteiger partial charge in [-0.05, 0) is 80.5 Å². The third kappa shape index (κ3) is 5.24. The second kappa shape index (κ2) is 10.8. The third-order valence-corrected chi connectivity index (χ3v) is 8.22. The summed E-state index contributed by atoms with van der Waals surface area (Å²) in [5, 5.41) is 6.85. The Morgan fingerprint density at radius 1 is 1.18 bits per heavy atom. The van der Waals surface area contributed by atoms with Crippen LogP contribution in [-0.4, -0.2) is 45.9 Å². The van der Waals surface area contributed by atoms with Crippen LogP contribution in [0.2, 0.25) is 0 Å². The van der Waals surface area contributed by atoms with E-state index < -0.39 is 11.0 Å². The molecule has 2 aliphatic carbocycles. The van der Waals surface area contributed by atoms with Gasteiger partial charge in [0.15, 0.2) is 0 Å². The second-order valence-corrected chi connectivity index (χ2v) is 11.5. The minimum atomic E-state index is -0.817.